The molecular formula is C28H26N2O6. The predicted octanol–water partition coefficient (Wildman–Crippen LogP) is 4.46. The minimum atomic E-state index is -0.566. The van der Waals surface area contributed by atoms with Crippen LogP contribution in [0.4, 0.5) is 0 Å². The molecule has 2 aromatic carbocycles. The van der Waals surface area contributed by atoms with Crippen LogP contribution in [0.15, 0.2) is 59.4 Å². The minimum absolute atomic E-state index is 0.0144. The van der Waals surface area contributed by atoms with Gasteiger partial charge in [0, 0.05) is 41.2 Å². The lowest BCUT2D eigenvalue weighted by molar-refractivity contribution is -0.140. The summed E-state index contributed by atoms with van der Waals surface area (Å²) in [6, 6.07) is 16.2. The maximum Gasteiger partial charge on any atom is 0.306 e. The molecule has 0 bridgehead atoms. The zero-order chi connectivity index (χ0) is 25.4. The second-order valence-corrected chi connectivity index (χ2v) is 8.81. The van der Waals surface area contributed by atoms with Crippen LogP contribution in [-0.4, -0.2) is 34.8 Å². The van der Waals surface area contributed by atoms with Crippen molar-refractivity contribution < 1.29 is 24.1 Å². The van der Waals surface area contributed by atoms with Crippen molar-refractivity contribution in [1.82, 2.24) is 9.55 Å². The van der Waals surface area contributed by atoms with E-state index in [-0.39, 0.29) is 17.7 Å². The van der Waals surface area contributed by atoms with Crippen molar-refractivity contribution in [2.45, 2.75) is 32.2 Å². The van der Waals surface area contributed by atoms with Gasteiger partial charge in [0.1, 0.15) is 17.2 Å². The first-order valence-corrected chi connectivity index (χ1v) is 11.6. The molecule has 5 rings (SSSR count). The summed E-state index contributed by atoms with van der Waals surface area (Å²) in [6.07, 6.45) is 0.590. The monoisotopic (exact) mass is 486 g/mol. The van der Waals surface area contributed by atoms with Gasteiger partial charge < -0.3 is 23.9 Å². The Kier molecular flexibility index (Phi) is 6.10. The van der Waals surface area contributed by atoms with Gasteiger partial charge in [0.25, 0.3) is 5.56 Å². The first-order chi connectivity index (χ1) is 17.4. The van der Waals surface area contributed by atoms with Gasteiger partial charge in [0.15, 0.2) is 0 Å². The Labute approximate surface area is 207 Å². The number of hydrogen-bond acceptors (Lipinski definition) is 7. The highest BCUT2D eigenvalue weighted by molar-refractivity contribution is 5.83. The fourth-order valence-electron chi connectivity index (χ4n) is 4.67. The average Bonchev–Trinajstić information content (AvgIpc) is 2.87. The van der Waals surface area contributed by atoms with Crippen molar-refractivity contribution in [1.29, 1.82) is 0 Å². The first kappa shape index (κ1) is 23.4. The normalized spacial score (nSPS) is 14.0. The fraction of sp³-hybridized carbons (Fsp3) is 0.250. The summed E-state index contributed by atoms with van der Waals surface area (Å²) < 4.78 is 18.1. The van der Waals surface area contributed by atoms with Gasteiger partial charge in [-0.2, -0.15) is 0 Å². The van der Waals surface area contributed by atoms with Gasteiger partial charge in [-0.3, -0.25) is 9.59 Å². The van der Waals surface area contributed by atoms with Gasteiger partial charge in [0.2, 0.25) is 5.88 Å². The zero-order valence-corrected chi connectivity index (χ0v) is 20.3. The predicted molar refractivity (Wildman–Crippen MR) is 134 cm³/mol. The third kappa shape index (κ3) is 4.26. The lowest BCUT2D eigenvalue weighted by Gasteiger charge is -2.28. The number of aryl methyl sites for hydroxylation is 2. The van der Waals surface area contributed by atoms with Gasteiger partial charge in [0.05, 0.1) is 31.7 Å². The minimum Gasteiger partial charge on any atom is -0.508 e. The van der Waals surface area contributed by atoms with E-state index < -0.39 is 11.9 Å². The molecule has 1 N–H and O–H groups in total. The number of benzene rings is 2. The van der Waals surface area contributed by atoms with Crippen LogP contribution in [0.5, 0.6) is 23.1 Å². The topological polar surface area (TPSA) is 99.9 Å². The molecule has 8 nitrogen and oxygen atoms in total. The molecule has 0 amide bonds. The maximum absolute atomic E-state index is 13.8. The quantitative estimate of drug-likeness (QED) is 0.402. The molecule has 4 aromatic rings. The van der Waals surface area contributed by atoms with Crippen LogP contribution in [0.2, 0.25) is 0 Å². The van der Waals surface area contributed by atoms with Crippen LogP contribution >= 0.6 is 0 Å². The van der Waals surface area contributed by atoms with Gasteiger partial charge >= 0.3 is 5.97 Å². The number of carbonyl (C=O) groups excluding carboxylic acids is 1. The standard InChI is InChI=1S/C28H26N2O6/c1-16-12-24-26(28(33)30(16)11-10-17-4-7-19(31)8-5-17)21(15-25(32)35-3)22-13-18-6-9-20(34-2)14-23(18)29-27(22)36-24/h4-9,12-14,21,31H,10-11,15H2,1-3H3/t21-/m0/s1. The first-order valence-electron chi connectivity index (χ1n) is 11.6. The van der Waals surface area contributed by atoms with Crippen LogP contribution in [0.25, 0.3) is 10.9 Å². The maximum atomic E-state index is 13.8. The molecule has 8 heteroatoms. The molecule has 0 saturated carbocycles. The van der Waals surface area contributed by atoms with Crippen LogP contribution in [0.3, 0.4) is 0 Å². The molecule has 1 atom stereocenters. The number of aromatic hydroxyl groups is 1. The molecule has 0 saturated heterocycles. The van der Waals surface area contributed by atoms with E-state index in [9.17, 15) is 14.7 Å². The number of phenols is 1. The lowest BCUT2D eigenvalue weighted by Crippen LogP contribution is -2.31. The van der Waals surface area contributed by atoms with Crippen molar-refractivity contribution in [3.8, 4) is 23.1 Å². The summed E-state index contributed by atoms with van der Waals surface area (Å²) >= 11 is 0. The molecule has 1 aliphatic heterocycles. The van der Waals surface area contributed by atoms with Crippen molar-refractivity contribution in [2.24, 2.45) is 0 Å². The number of ether oxygens (including phenoxy) is 3. The fourth-order valence-corrected chi connectivity index (χ4v) is 4.67. The highest BCUT2D eigenvalue weighted by atomic mass is 16.5. The second-order valence-electron chi connectivity index (χ2n) is 8.81. The second kappa shape index (κ2) is 9.37. The molecule has 0 spiro atoms. The Morgan fingerprint density at radius 2 is 1.89 bits per heavy atom. The van der Waals surface area contributed by atoms with E-state index in [1.807, 2.05) is 49.4 Å². The van der Waals surface area contributed by atoms with Gasteiger partial charge in [-0.25, -0.2) is 4.98 Å². The van der Waals surface area contributed by atoms with Crippen LogP contribution < -0.4 is 15.0 Å². The summed E-state index contributed by atoms with van der Waals surface area (Å²) in [5.41, 5.74) is 3.29. The molecule has 184 valence electrons. The molecule has 36 heavy (non-hydrogen) atoms. The third-order valence-corrected chi connectivity index (χ3v) is 6.61. The van der Waals surface area contributed by atoms with E-state index >= 15 is 0 Å². The number of hydrogen-bond donors (Lipinski definition) is 1. The number of nitrogens with zero attached hydrogens (tertiary/aromatic N) is 2. The van der Waals surface area contributed by atoms with Crippen LogP contribution in [0.1, 0.15) is 34.7 Å². The van der Waals surface area contributed by atoms with Gasteiger partial charge in [-0.05, 0) is 49.2 Å². The Balaban J connectivity index is 1.60. The van der Waals surface area contributed by atoms with Crippen molar-refractivity contribution in [3.05, 3.63) is 87.3 Å². The largest absolute Gasteiger partial charge is 0.508 e. The molecular weight excluding hydrogens is 460 g/mol. The van der Waals surface area contributed by atoms with E-state index in [0.717, 1.165) is 16.6 Å². The molecule has 0 radical (unpaired) electrons. The highest BCUT2D eigenvalue weighted by Gasteiger charge is 2.34. The number of esters is 1. The number of carbonyl (C=O) groups is 1. The van der Waals surface area contributed by atoms with Gasteiger partial charge in [-0.1, -0.05) is 12.1 Å². The Morgan fingerprint density at radius 3 is 2.61 bits per heavy atom. The molecule has 2 aromatic heterocycles. The van der Waals surface area contributed by atoms with Crippen molar-refractivity contribution in [3.63, 3.8) is 0 Å². The summed E-state index contributed by atoms with van der Waals surface area (Å²) in [5.74, 6) is 0.631. The Hall–Kier alpha value is -4.33. The molecule has 0 fully saturated rings. The number of rotatable bonds is 6. The summed E-state index contributed by atoms with van der Waals surface area (Å²) in [4.78, 5) is 30.9. The number of methoxy groups -OCH3 is 2. The average molecular weight is 487 g/mol. The van der Waals surface area contributed by atoms with Crippen molar-refractivity contribution in [2.75, 3.05) is 14.2 Å². The van der Waals surface area contributed by atoms with Gasteiger partial charge in [-0.15, -0.1) is 0 Å². The number of aromatic nitrogens is 2. The van der Waals surface area contributed by atoms with Crippen molar-refractivity contribution >= 4 is 16.9 Å². The summed E-state index contributed by atoms with van der Waals surface area (Å²) in [7, 11) is 2.92. The summed E-state index contributed by atoms with van der Waals surface area (Å²) in [6.45, 7) is 2.29. The molecule has 0 aliphatic carbocycles. The highest BCUT2D eigenvalue weighted by Crippen LogP contribution is 2.45. The van der Waals surface area contributed by atoms with Crippen LogP contribution in [0, 0.1) is 6.92 Å². The van der Waals surface area contributed by atoms with E-state index in [4.69, 9.17) is 14.2 Å². The SMILES string of the molecule is COC(=O)C[C@H]1c2cc3ccc(OC)cc3nc2Oc2cc(C)n(CCc3ccc(O)cc3)c(=O)c21. The number of pyridine rings is 2. The van der Waals surface area contributed by atoms with E-state index in [2.05, 4.69) is 4.98 Å². The Morgan fingerprint density at radius 1 is 1.11 bits per heavy atom. The van der Waals surface area contributed by atoms with E-state index in [1.54, 1.807) is 23.8 Å². The number of phenolic OH excluding ortho intramolecular Hbond substituents is 1. The third-order valence-electron chi connectivity index (χ3n) is 6.61. The van der Waals surface area contributed by atoms with Crippen LogP contribution in [-0.2, 0) is 22.5 Å². The molecule has 0 unspecified atom stereocenters. The smallest absolute Gasteiger partial charge is 0.306 e. The lowest BCUT2D eigenvalue weighted by atomic mass is 9.86. The van der Waals surface area contributed by atoms with E-state index in [0.29, 0.717) is 47.0 Å². The number of fused-ring (bicyclic) bond motifs is 3. The Bertz CT molecular complexity index is 1520. The zero-order valence-electron chi connectivity index (χ0n) is 20.3. The van der Waals surface area contributed by atoms with E-state index in [1.165, 1.54) is 7.11 Å². The summed E-state index contributed by atoms with van der Waals surface area (Å²) in [5, 5.41) is 10.4. The molecule has 3 heterocycles. The molecule has 1 aliphatic rings.